The summed E-state index contributed by atoms with van der Waals surface area (Å²) < 4.78 is 1.85. The molecule has 1 atom stereocenters. The molecule has 0 saturated carbocycles. The zero-order chi connectivity index (χ0) is 20.3. The molecule has 0 aliphatic carbocycles. The van der Waals surface area contributed by atoms with Gasteiger partial charge in [0.2, 0.25) is 0 Å². The molecule has 0 fully saturated rings. The molecule has 0 aliphatic rings. The molecule has 0 radical (unpaired) electrons. The van der Waals surface area contributed by atoms with Crippen LogP contribution in [0.2, 0.25) is 0 Å². The van der Waals surface area contributed by atoms with Crippen LogP contribution in [0.15, 0.2) is 78.0 Å². The summed E-state index contributed by atoms with van der Waals surface area (Å²) in [6.45, 7) is 4.19. The maximum absolute atomic E-state index is 10.3. The number of nitrogens with one attached hydrogen (secondary N) is 2. The van der Waals surface area contributed by atoms with Gasteiger partial charge >= 0.3 is 0 Å². The second kappa shape index (κ2) is 13.0. The van der Waals surface area contributed by atoms with Crippen LogP contribution in [-0.2, 0) is 6.42 Å². The molecule has 3 N–H and O–H groups in total. The van der Waals surface area contributed by atoms with Crippen molar-refractivity contribution in [2.24, 2.45) is 4.99 Å². The van der Waals surface area contributed by atoms with Crippen molar-refractivity contribution >= 4 is 29.9 Å². The fraction of sp³-hybridized carbons (Fsp3) is 0.304. The van der Waals surface area contributed by atoms with Crippen LogP contribution in [-0.4, -0.2) is 40.5 Å². The topological polar surface area (TPSA) is 74.5 Å². The van der Waals surface area contributed by atoms with Gasteiger partial charge in [-0.15, -0.1) is 24.0 Å². The third kappa shape index (κ3) is 7.46. The van der Waals surface area contributed by atoms with Gasteiger partial charge in [-0.2, -0.15) is 5.10 Å². The first kappa shape index (κ1) is 23.9. The van der Waals surface area contributed by atoms with Crippen LogP contribution in [0.1, 0.15) is 30.6 Å². The number of rotatable bonds is 9. The van der Waals surface area contributed by atoms with Gasteiger partial charge in [-0.25, -0.2) is 4.68 Å². The smallest absolute Gasteiger partial charge is 0.191 e. The van der Waals surface area contributed by atoms with Crippen LogP contribution in [0.3, 0.4) is 0 Å². The first-order valence-electron chi connectivity index (χ1n) is 10.1. The van der Waals surface area contributed by atoms with E-state index in [4.69, 9.17) is 0 Å². The summed E-state index contributed by atoms with van der Waals surface area (Å²) in [4.78, 5) is 4.58. The number of aliphatic imine (C=N–C) groups is 1. The Kier molecular flexibility index (Phi) is 10.4. The Balaban J connectivity index is 0.00000320. The molecule has 0 bridgehead atoms. The van der Waals surface area contributed by atoms with Crippen molar-refractivity contribution in [3.8, 4) is 5.69 Å². The number of aliphatic hydroxyl groups excluding tert-OH is 1. The third-order valence-corrected chi connectivity index (χ3v) is 4.61. The van der Waals surface area contributed by atoms with E-state index in [-0.39, 0.29) is 24.0 Å². The van der Waals surface area contributed by atoms with Crippen LogP contribution in [0.5, 0.6) is 0 Å². The van der Waals surface area contributed by atoms with E-state index in [1.165, 1.54) is 5.56 Å². The standard InChI is InChI=1S/C23H29N5O.HI/c1-2-24-23(26-17-14-22(29)20-7-4-3-5-8-20)25-16-13-19-9-11-21(12-10-19)28-18-6-15-27-28;/h3-12,15,18,22,29H,2,13-14,16-17H2,1H3,(H2,24,25,26);1H. The van der Waals surface area contributed by atoms with E-state index in [9.17, 15) is 5.11 Å². The van der Waals surface area contributed by atoms with Crippen LogP contribution in [0.4, 0.5) is 0 Å². The van der Waals surface area contributed by atoms with Gasteiger partial charge in [-0.05, 0) is 49.1 Å². The quantitative estimate of drug-likeness (QED) is 0.229. The van der Waals surface area contributed by atoms with Gasteiger partial charge in [-0.1, -0.05) is 42.5 Å². The molecule has 30 heavy (non-hydrogen) atoms. The van der Waals surface area contributed by atoms with E-state index in [0.29, 0.717) is 13.0 Å². The maximum atomic E-state index is 10.3. The van der Waals surface area contributed by atoms with E-state index >= 15 is 0 Å². The molecule has 2 aromatic carbocycles. The number of aliphatic hydroxyl groups is 1. The van der Waals surface area contributed by atoms with Crippen molar-refractivity contribution in [2.75, 3.05) is 19.6 Å². The predicted octanol–water partition coefficient (Wildman–Crippen LogP) is 3.71. The number of guanidine groups is 1. The lowest BCUT2D eigenvalue weighted by Crippen LogP contribution is -2.38. The monoisotopic (exact) mass is 519 g/mol. The fourth-order valence-electron chi connectivity index (χ4n) is 3.04. The van der Waals surface area contributed by atoms with E-state index in [1.54, 1.807) is 6.20 Å². The second-order valence-electron chi connectivity index (χ2n) is 6.77. The van der Waals surface area contributed by atoms with Gasteiger partial charge in [0, 0.05) is 32.0 Å². The average molecular weight is 519 g/mol. The molecule has 0 aliphatic heterocycles. The summed E-state index contributed by atoms with van der Waals surface area (Å²) in [5, 5.41) is 21.1. The Labute approximate surface area is 195 Å². The van der Waals surface area contributed by atoms with Crippen molar-refractivity contribution in [1.29, 1.82) is 0 Å². The SMILES string of the molecule is CCNC(=NCCC(O)c1ccccc1)NCCc1ccc(-n2cccn2)cc1.I. The Morgan fingerprint density at radius 2 is 1.83 bits per heavy atom. The predicted molar refractivity (Wildman–Crippen MR) is 133 cm³/mol. The molecule has 6 nitrogen and oxygen atoms in total. The van der Waals surface area contributed by atoms with Gasteiger partial charge in [0.1, 0.15) is 0 Å². The van der Waals surface area contributed by atoms with Crippen molar-refractivity contribution in [1.82, 2.24) is 20.4 Å². The minimum absolute atomic E-state index is 0. The molecule has 3 aromatic rings. The van der Waals surface area contributed by atoms with Gasteiger partial charge in [-0.3, -0.25) is 4.99 Å². The summed E-state index contributed by atoms with van der Waals surface area (Å²) in [5.41, 5.74) is 3.24. The molecular formula is C23H30IN5O. The van der Waals surface area contributed by atoms with Crippen molar-refractivity contribution in [2.45, 2.75) is 25.9 Å². The molecule has 0 spiro atoms. The molecule has 1 heterocycles. The minimum atomic E-state index is -0.490. The highest BCUT2D eigenvalue weighted by Crippen LogP contribution is 2.15. The Hall–Kier alpha value is -2.39. The number of hydrogen-bond donors (Lipinski definition) is 3. The zero-order valence-electron chi connectivity index (χ0n) is 17.2. The molecule has 7 heteroatoms. The van der Waals surface area contributed by atoms with Gasteiger partial charge < -0.3 is 15.7 Å². The summed E-state index contributed by atoms with van der Waals surface area (Å²) in [6.07, 6.45) is 4.71. The Morgan fingerprint density at radius 3 is 2.50 bits per heavy atom. The molecule has 0 saturated heterocycles. The van der Waals surface area contributed by atoms with Gasteiger partial charge in [0.25, 0.3) is 0 Å². The Bertz CT molecular complexity index is 866. The maximum Gasteiger partial charge on any atom is 0.191 e. The normalized spacial score (nSPS) is 12.1. The molecule has 1 aromatic heterocycles. The minimum Gasteiger partial charge on any atom is -0.388 e. The van der Waals surface area contributed by atoms with E-state index in [1.807, 2.05) is 54.2 Å². The fourth-order valence-corrected chi connectivity index (χ4v) is 3.04. The van der Waals surface area contributed by atoms with Gasteiger partial charge in [0.15, 0.2) is 5.96 Å². The number of halogens is 1. The number of aromatic nitrogens is 2. The van der Waals surface area contributed by atoms with E-state index in [2.05, 4.69) is 45.0 Å². The largest absolute Gasteiger partial charge is 0.388 e. The number of nitrogens with zero attached hydrogens (tertiary/aromatic N) is 3. The lowest BCUT2D eigenvalue weighted by Gasteiger charge is -2.13. The summed E-state index contributed by atoms with van der Waals surface area (Å²) in [7, 11) is 0. The van der Waals surface area contributed by atoms with Crippen molar-refractivity contribution in [3.05, 3.63) is 84.2 Å². The summed E-state index contributed by atoms with van der Waals surface area (Å²) >= 11 is 0. The first-order chi connectivity index (χ1) is 14.3. The molecule has 160 valence electrons. The molecular weight excluding hydrogens is 489 g/mol. The van der Waals surface area contributed by atoms with Crippen LogP contribution < -0.4 is 10.6 Å². The molecule has 0 amide bonds. The summed E-state index contributed by atoms with van der Waals surface area (Å²) in [6, 6.07) is 20.0. The van der Waals surface area contributed by atoms with Crippen LogP contribution in [0.25, 0.3) is 5.69 Å². The van der Waals surface area contributed by atoms with Crippen LogP contribution in [0, 0.1) is 0 Å². The zero-order valence-corrected chi connectivity index (χ0v) is 19.6. The van der Waals surface area contributed by atoms with E-state index in [0.717, 1.165) is 36.7 Å². The first-order valence-corrected chi connectivity index (χ1v) is 10.1. The molecule has 1 unspecified atom stereocenters. The third-order valence-electron chi connectivity index (χ3n) is 4.61. The highest BCUT2D eigenvalue weighted by Gasteiger charge is 2.06. The number of hydrogen-bond acceptors (Lipinski definition) is 3. The summed E-state index contributed by atoms with van der Waals surface area (Å²) in [5.74, 6) is 0.779. The molecule has 3 rings (SSSR count). The lowest BCUT2D eigenvalue weighted by molar-refractivity contribution is 0.170. The lowest BCUT2D eigenvalue weighted by atomic mass is 10.1. The second-order valence-corrected chi connectivity index (χ2v) is 6.77. The Morgan fingerprint density at radius 1 is 1.07 bits per heavy atom. The van der Waals surface area contributed by atoms with Crippen molar-refractivity contribution < 1.29 is 5.11 Å². The van der Waals surface area contributed by atoms with Crippen LogP contribution >= 0.6 is 24.0 Å². The highest BCUT2D eigenvalue weighted by atomic mass is 127. The van der Waals surface area contributed by atoms with Crippen molar-refractivity contribution in [3.63, 3.8) is 0 Å². The number of benzene rings is 2. The van der Waals surface area contributed by atoms with E-state index < -0.39 is 6.10 Å². The average Bonchev–Trinajstić information content (AvgIpc) is 3.30. The highest BCUT2D eigenvalue weighted by molar-refractivity contribution is 14.0. The van der Waals surface area contributed by atoms with Gasteiger partial charge in [0.05, 0.1) is 11.8 Å².